The fourth-order valence-electron chi connectivity index (χ4n) is 2.56. The molecule has 0 saturated carbocycles. The Morgan fingerprint density at radius 1 is 1.10 bits per heavy atom. The van der Waals surface area contributed by atoms with E-state index in [0.717, 1.165) is 0 Å². The molecule has 0 aliphatic rings. The first-order chi connectivity index (χ1) is 13.7. The van der Waals surface area contributed by atoms with E-state index in [1.54, 1.807) is 6.07 Å². The molecule has 11 heteroatoms. The Hall–Kier alpha value is -2.49. The van der Waals surface area contributed by atoms with E-state index in [-0.39, 0.29) is 38.6 Å². The van der Waals surface area contributed by atoms with Crippen LogP contribution in [0.15, 0.2) is 47.5 Å². The third-order valence-corrected chi connectivity index (χ3v) is 5.96. The SMILES string of the molecule is COc1ccc(S(=O)(=O)Nc2nn(Cc3c(F)cccc3Cl)cc2Cl)cc1OC. The van der Waals surface area contributed by atoms with Crippen LogP contribution in [0.5, 0.6) is 11.5 Å². The van der Waals surface area contributed by atoms with Gasteiger partial charge in [0.05, 0.1) is 25.7 Å². The van der Waals surface area contributed by atoms with Gasteiger partial charge in [-0.15, -0.1) is 0 Å². The number of halogens is 3. The molecule has 154 valence electrons. The Kier molecular flexibility index (Phi) is 6.21. The van der Waals surface area contributed by atoms with E-state index < -0.39 is 15.8 Å². The lowest BCUT2D eigenvalue weighted by atomic mass is 10.2. The highest BCUT2D eigenvalue weighted by Gasteiger charge is 2.21. The van der Waals surface area contributed by atoms with E-state index in [2.05, 4.69) is 9.82 Å². The highest BCUT2D eigenvalue weighted by Crippen LogP contribution is 2.31. The zero-order chi connectivity index (χ0) is 21.2. The number of hydrogen-bond acceptors (Lipinski definition) is 5. The van der Waals surface area contributed by atoms with E-state index >= 15 is 0 Å². The molecule has 0 aliphatic heterocycles. The molecule has 0 atom stereocenters. The maximum Gasteiger partial charge on any atom is 0.263 e. The number of nitrogens with zero attached hydrogens (tertiary/aromatic N) is 2. The summed E-state index contributed by atoms with van der Waals surface area (Å²) in [5.74, 6) is 0.0298. The standard InChI is InChI=1S/C18H16Cl2FN3O4S/c1-27-16-7-6-11(8-17(16)28-2)29(25,26)23-18-14(20)10-24(22-18)9-12-13(19)4-3-5-15(12)21/h3-8,10H,9H2,1-2H3,(H,22,23). The minimum atomic E-state index is -4.02. The molecule has 3 rings (SSSR count). The molecule has 7 nitrogen and oxygen atoms in total. The number of nitrogens with one attached hydrogen (secondary N) is 1. The van der Waals surface area contributed by atoms with Gasteiger partial charge >= 0.3 is 0 Å². The van der Waals surface area contributed by atoms with Crippen molar-refractivity contribution in [3.8, 4) is 11.5 Å². The van der Waals surface area contributed by atoms with E-state index in [1.807, 2.05) is 0 Å². The van der Waals surface area contributed by atoms with E-state index in [4.69, 9.17) is 32.7 Å². The van der Waals surface area contributed by atoms with Crippen molar-refractivity contribution < 1.29 is 22.3 Å². The molecular formula is C18H16Cl2FN3O4S. The normalized spacial score (nSPS) is 11.3. The van der Waals surface area contributed by atoms with Gasteiger partial charge in [0.25, 0.3) is 10.0 Å². The van der Waals surface area contributed by atoms with Crippen molar-refractivity contribution in [3.05, 3.63) is 64.0 Å². The predicted octanol–water partition coefficient (Wildman–Crippen LogP) is 4.20. The predicted molar refractivity (Wildman–Crippen MR) is 108 cm³/mol. The number of rotatable bonds is 7. The van der Waals surface area contributed by atoms with Crippen LogP contribution in [-0.2, 0) is 16.6 Å². The molecule has 0 amide bonds. The van der Waals surface area contributed by atoms with E-state index in [9.17, 15) is 12.8 Å². The highest BCUT2D eigenvalue weighted by atomic mass is 35.5. The third-order valence-electron chi connectivity index (χ3n) is 4.00. The highest BCUT2D eigenvalue weighted by molar-refractivity contribution is 7.92. The Bertz CT molecular complexity index is 1130. The number of methoxy groups -OCH3 is 2. The smallest absolute Gasteiger partial charge is 0.263 e. The second kappa shape index (κ2) is 8.48. The average molecular weight is 460 g/mol. The minimum absolute atomic E-state index is 0.0245. The molecule has 0 aliphatic carbocycles. The maximum absolute atomic E-state index is 14.0. The number of sulfonamides is 1. The summed E-state index contributed by atoms with van der Waals surface area (Å²) in [5, 5.41) is 4.36. The minimum Gasteiger partial charge on any atom is -0.493 e. The average Bonchev–Trinajstić information content (AvgIpc) is 3.02. The van der Waals surface area contributed by atoms with Crippen LogP contribution in [-0.4, -0.2) is 32.4 Å². The molecule has 0 bridgehead atoms. The van der Waals surface area contributed by atoms with Crippen molar-refractivity contribution in [2.45, 2.75) is 11.4 Å². The molecule has 0 unspecified atom stereocenters. The van der Waals surface area contributed by atoms with Crippen molar-refractivity contribution in [1.29, 1.82) is 0 Å². The van der Waals surface area contributed by atoms with Crippen LogP contribution in [0.4, 0.5) is 10.2 Å². The van der Waals surface area contributed by atoms with E-state index in [1.165, 1.54) is 55.4 Å². The van der Waals surface area contributed by atoms with E-state index in [0.29, 0.717) is 5.75 Å². The van der Waals surface area contributed by atoms with Gasteiger partial charge in [0.2, 0.25) is 0 Å². The molecule has 0 spiro atoms. The summed E-state index contributed by atoms with van der Waals surface area (Å²) in [4.78, 5) is -0.0714. The zero-order valence-corrected chi connectivity index (χ0v) is 17.6. The molecule has 0 radical (unpaired) electrons. The summed E-state index contributed by atoms with van der Waals surface area (Å²) in [6.45, 7) is -0.0245. The summed E-state index contributed by atoms with van der Waals surface area (Å²) in [7, 11) is -1.18. The van der Waals surface area contributed by atoms with Gasteiger partial charge in [-0.3, -0.25) is 9.40 Å². The molecule has 1 N–H and O–H groups in total. The van der Waals surface area contributed by atoms with Crippen LogP contribution in [0.25, 0.3) is 0 Å². The van der Waals surface area contributed by atoms with Crippen LogP contribution >= 0.6 is 23.2 Å². The Balaban J connectivity index is 1.87. The number of anilines is 1. The molecule has 29 heavy (non-hydrogen) atoms. The first-order valence-corrected chi connectivity index (χ1v) is 10.4. The van der Waals surface area contributed by atoms with Gasteiger partial charge in [0, 0.05) is 22.8 Å². The Morgan fingerprint density at radius 2 is 1.83 bits per heavy atom. The first kappa shape index (κ1) is 21.2. The molecule has 2 aromatic carbocycles. The second-order valence-electron chi connectivity index (χ2n) is 5.85. The van der Waals surface area contributed by atoms with Crippen LogP contribution in [0, 0.1) is 5.82 Å². The third kappa shape index (κ3) is 4.58. The zero-order valence-electron chi connectivity index (χ0n) is 15.3. The monoisotopic (exact) mass is 459 g/mol. The molecule has 1 heterocycles. The second-order valence-corrected chi connectivity index (χ2v) is 8.34. The summed E-state index contributed by atoms with van der Waals surface area (Å²) >= 11 is 12.1. The van der Waals surface area contributed by atoms with Crippen molar-refractivity contribution in [2.24, 2.45) is 0 Å². The van der Waals surface area contributed by atoms with Crippen molar-refractivity contribution in [3.63, 3.8) is 0 Å². The largest absolute Gasteiger partial charge is 0.493 e. The summed E-state index contributed by atoms with van der Waals surface area (Å²) in [5.41, 5.74) is 0.211. The summed E-state index contributed by atoms with van der Waals surface area (Å²) < 4.78 is 53.2. The van der Waals surface area contributed by atoms with Crippen molar-refractivity contribution in [1.82, 2.24) is 9.78 Å². The van der Waals surface area contributed by atoms with Crippen LogP contribution in [0.3, 0.4) is 0 Å². The van der Waals surface area contributed by atoms with Crippen molar-refractivity contribution >= 4 is 39.0 Å². The van der Waals surface area contributed by atoms with Crippen LogP contribution in [0.2, 0.25) is 10.0 Å². The maximum atomic E-state index is 14.0. The van der Waals surface area contributed by atoms with Crippen LogP contribution < -0.4 is 14.2 Å². The number of benzene rings is 2. The number of hydrogen-bond donors (Lipinski definition) is 1. The van der Waals surface area contributed by atoms with Crippen molar-refractivity contribution in [2.75, 3.05) is 18.9 Å². The van der Waals surface area contributed by atoms with Gasteiger partial charge in [-0.1, -0.05) is 29.3 Å². The molecule has 0 saturated heterocycles. The molecule has 1 aromatic heterocycles. The van der Waals surface area contributed by atoms with Gasteiger partial charge in [-0.25, -0.2) is 12.8 Å². The Labute approximate surface area is 177 Å². The number of aromatic nitrogens is 2. The Morgan fingerprint density at radius 3 is 2.48 bits per heavy atom. The lowest BCUT2D eigenvalue weighted by Crippen LogP contribution is -2.14. The molecule has 3 aromatic rings. The van der Waals surface area contributed by atoms with Gasteiger partial charge in [-0.05, 0) is 24.3 Å². The lowest BCUT2D eigenvalue weighted by molar-refractivity contribution is 0.354. The van der Waals surface area contributed by atoms with Gasteiger partial charge < -0.3 is 9.47 Å². The topological polar surface area (TPSA) is 82.5 Å². The van der Waals surface area contributed by atoms with Gasteiger partial charge in [0.15, 0.2) is 17.3 Å². The van der Waals surface area contributed by atoms with Gasteiger partial charge in [-0.2, -0.15) is 5.10 Å². The fraction of sp³-hybridized carbons (Fsp3) is 0.167. The summed E-state index contributed by atoms with van der Waals surface area (Å²) in [6.07, 6.45) is 1.37. The number of ether oxygens (including phenoxy) is 2. The molecule has 0 fully saturated rings. The van der Waals surface area contributed by atoms with Crippen LogP contribution in [0.1, 0.15) is 5.56 Å². The lowest BCUT2D eigenvalue weighted by Gasteiger charge is -2.11. The quantitative estimate of drug-likeness (QED) is 0.572. The fourth-order valence-corrected chi connectivity index (χ4v) is 4.07. The summed E-state index contributed by atoms with van der Waals surface area (Å²) in [6, 6.07) is 8.44. The molecular weight excluding hydrogens is 444 g/mol. The van der Waals surface area contributed by atoms with Gasteiger partial charge in [0.1, 0.15) is 10.8 Å². The first-order valence-electron chi connectivity index (χ1n) is 8.16.